The van der Waals surface area contributed by atoms with E-state index in [0.29, 0.717) is 25.6 Å². The SMILES string of the molecule is CC[C@@H](C)N(Cc1c(C)nn(-c2ccccc2)c1Oc1cccc(C)c1)C[C@@H](O)COC(C)C. The Morgan fingerprint density at radius 2 is 1.76 bits per heavy atom. The number of hydrogen-bond donors (Lipinski definition) is 1. The van der Waals surface area contributed by atoms with Crippen molar-refractivity contribution in [3.63, 3.8) is 0 Å². The summed E-state index contributed by atoms with van der Waals surface area (Å²) in [6, 6.07) is 18.4. The maximum atomic E-state index is 10.7. The zero-order valence-corrected chi connectivity index (χ0v) is 21.4. The van der Waals surface area contributed by atoms with E-state index in [0.717, 1.165) is 34.7 Å². The standard InChI is InChI=1S/C28H39N3O3/c1-7-22(5)30(17-25(32)19-33-20(2)3)18-27-23(6)29-31(24-13-9-8-10-14-24)28(27)34-26-15-11-12-21(4)16-26/h8-16,20,22,25,32H,7,17-19H2,1-6H3/t22-,25-/m1/s1. The monoisotopic (exact) mass is 465 g/mol. The molecular weight excluding hydrogens is 426 g/mol. The molecule has 2 aromatic carbocycles. The van der Waals surface area contributed by atoms with E-state index < -0.39 is 6.10 Å². The highest BCUT2D eigenvalue weighted by Gasteiger charge is 2.25. The van der Waals surface area contributed by atoms with Gasteiger partial charge in [0.25, 0.3) is 0 Å². The smallest absolute Gasteiger partial charge is 0.227 e. The van der Waals surface area contributed by atoms with E-state index in [2.05, 4.69) is 31.7 Å². The predicted octanol–water partition coefficient (Wildman–Crippen LogP) is 5.67. The van der Waals surface area contributed by atoms with Gasteiger partial charge in [0.05, 0.1) is 35.8 Å². The van der Waals surface area contributed by atoms with Crippen molar-refractivity contribution in [3.05, 3.63) is 71.4 Å². The molecular formula is C28H39N3O3. The summed E-state index contributed by atoms with van der Waals surface area (Å²) >= 11 is 0. The summed E-state index contributed by atoms with van der Waals surface area (Å²) in [6.07, 6.45) is 0.493. The van der Waals surface area contributed by atoms with Gasteiger partial charge in [0.1, 0.15) is 5.75 Å². The van der Waals surface area contributed by atoms with Gasteiger partial charge in [-0.05, 0) is 70.9 Å². The van der Waals surface area contributed by atoms with Crippen molar-refractivity contribution in [1.29, 1.82) is 0 Å². The molecule has 0 aliphatic rings. The fourth-order valence-electron chi connectivity index (χ4n) is 3.85. The fourth-order valence-corrected chi connectivity index (χ4v) is 3.85. The van der Waals surface area contributed by atoms with E-state index in [1.807, 2.05) is 74.0 Å². The summed E-state index contributed by atoms with van der Waals surface area (Å²) in [5, 5.41) is 15.5. The highest BCUT2D eigenvalue weighted by Crippen LogP contribution is 2.32. The molecule has 1 heterocycles. The van der Waals surface area contributed by atoms with E-state index in [-0.39, 0.29) is 12.1 Å². The highest BCUT2D eigenvalue weighted by atomic mass is 16.5. The Morgan fingerprint density at radius 1 is 1.03 bits per heavy atom. The van der Waals surface area contributed by atoms with Crippen LogP contribution in [0.25, 0.3) is 5.69 Å². The molecule has 34 heavy (non-hydrogen) atoms. The second kappa shape index (κ2) is 12.2. The topological polar surface area (TPSA) is 59.8 Å². The van der Waals surface area contributed by atoms with Gasteiger partial charge in [-0.3, -0.25) is 4.90 Å². The third-order valence-corrected chi connectivity index (χ3v) is 5.98. The summed E-state index contributed by atoms with van der Waals surface area (Å²) in [6.45, 7) is 13.8. The molecule has 0 amide bonds. The molecule has 1 aromatic heterocycles. The number of ether oxygens (including phenoxy) is 2. The Balaban J connectivity index is 1.96. The number of nitrogens with zero attached hydrogens (tertiary/aromatic N) is 3. The van der Waals surface area contributed by atoms with Crippen LogP contribution in [0.1, 0.15) is 50.9 Å². The van der Waals surface area contributed by atoms with Crippen molar-refractivity contribution in [2.45, 2.75) is 72.8 Å². The number of aryl methyl sites for hydroxylation is 2. The zero-order valence-electron chi connectivity index (χ0n) is 21.4. The fraction of sp³-hybridized carbons (Fsp3) is 0.464. The van der Waals surface area contributed by atoms with Gasteiger partial charge in [-0.15, -0.1) is 0 Å². The summed E-state index contributed by atoms with van der Waals surface area (Å²) in [5.41, 5.74) is 4.01. The van der Waals surface area contributed by atoms with Crippen molar-refractivity contribution in [1.82, 2.24) is 14.7 Å². The molecule has 1 N–H and O–H groups in total. The Labute approximate surface area is 204 Å². The molecule has 6 nitrogen and oxygen atoms in total. The number of rotatable bonds is 12. The average molecular weight is 466 g/mol. The molecule has 2 atom stereocenters. The van der Waals surface area contributed by atoms with Crippen LogP contribution in [0.15, 0.2) is 54.6 Å². The number of aliphatic hydroxyl groups is 1. The van der Waals surface area contributed by atoms with E-state index in [1.165, 1.54) is 0 Å². The van der Waals surface area contributed by atoms with Crippen molar-refractivity contribution in [2.24, 2.45) is 0 Å². The van der Waals surface area contributed by atoms with Crippen molar-refractivity contribution < 1.29 is 14.6 Å². The number of benzene rings is 2. The Hall–Kier alpha value is -2.67. The van der Waals surface area contributed by atoms with Crippen LogP contribution < -0.4 is 4.74 Å². The van der Waals surface area contributed by atoms with E-state index in [9.17, 15) is 5.11 Å². The molecule has 0 aliphatic heterocycles. The number of para-hydroxylation sites is 1. The lowest BCUT2D eigenvalue weighted by Gasteiger charge is -2.30. The van der Waals surface area contributed by atoms with Gasteiger partial charge in [-0.25, -0.2) is 4.68 Å². The molecule has 6 heteroatoms. The first kappa shape index (κ1) is 25.9. The van der Waals surface area contributed by atoms with Gasteiger partial charge in [0.2, 0.25) is 5.88 Å². The molecule has 3 rings (SSSR count). The molecule has 0 saturated carbocycles. The van der Waals surface area contributed by atoms with Crippen LogP contribution >= 0.6 is 0 Å². The van der Waals surface area contributed by atoms with Crippen molar-refractivity contribution in [2.75, 3.05) is 13.2 Å². The normalized spacial score (nSPS) is 13.4. The molecule has 0 fully saturated rings. The van der Waals surface area contributed by atoms with Crippen LogP contribution in [-0.4, -0.2) is 51.2 Å². The second-order valence-corrected chi connectivity index (χ2v) is 9.26. The van der Waals surface area contributed by atoms with Crippen LogP contribution in [-0.2, 0) is 11.3 Å². The number of aromatic nitrogens is 2. The van der Waals surface area contributed by atoms with Gasteiger partial charge < -0.3 is 14.6 Å². The van der Waals surface area contributed by atoms with Crippen LogP contribution in [0.2, 0.25) is 0 Å². The van der Waals surface area contributed by atoms with Gasteiger partial charge >= 0.3 is 0 Å². The Morgan fingerprint density at radius 3 is 2.41 bits per heavy atom. The summed E-state index contributed by atoms with van der Waals surface area (Å²) in [7, 11) is 0. The summed E-state index contributed by atoms with van der Waals surface area (Å²) in [4.78, 5) is 2.29. The molecule has 0 radical (unpaired) electrons. The first-order valence-electron chi connectivity index (χ1n) is 12.2. The van der Waals surface area contributed by atoms with Gasteiger partial charge in [-0.1, -0.05) is 37.3 Å². The zero-order chi connectivity index (χ0) is 24.7. The maximum absolute atomic E-state index is 10.7. The second-order valence-electron chi connectivity index (χ2n) is 9.26. The van der Waals surface area contributed by atoms with Crippen molar-refractivity contribution >= 4 is 0 Å². The molecule has 0 bridgehead atoms. The molecule has 0 aliphatic carbocycles. The third-order valence-electron chi connectivity index (χ3n) is 5.98. The van der Waals surface area contributed by atoms with E-state index >= 15 is 0 Å². The van der Waals surface area contributed by atoms with E-state index in [1.54, 1.807) is 0 Å². The van der Waals surface area contributed by atoms with Crippen LogP contribution in [0.3, 0.4) is 0 Å². The minimum atomic E-state index is -0.568. The van der Waals surface area contributed by atoms with Crippen LogP contribution in [0.5, 0.6) is 11.6 Å². The Bertz CT molecular complexity index is 1030. The van der Waals surface area contributed by atoms with Gasteiger partial charge in [0.15, 0.2) is 0 Å². The number of aliphatic hydroxyl groups excluding tert-OH is 1. The van der Waals surface area contributed by atoms with Crippen LogP contribution in [0, 0.1) is 13.8 Å². The summed E-state index contributed by atoms with van der Waals surface area (Å²) in [5.74, 6) is 1.48. The average Bonchev–Trinajstić information content (AvgIpc) is 3.12. The van der Waals surface area contributed by atoms with Gasteiger partial charge in [-0.2, -0.15) is 5.10 Å². The maximum Gasteiger partial charge on any atom is 0.227 e. The van der Waals surface area contributed by atoms with Gasteiger partial charge in [0, 0.05) is 19.1 Å². The number of hydrogen-bond acceptors (Lipinski definition) is 5. The molecule has 184 valence electrons. The lowest BCUT2D eigenvalue weighted by atomic mass is 10.1. The Kier molecular flexibility index (Phi) is 9.28. The third kappa shape index (κ3) is 6.92. The molecule has 0 unspecified atom stereocenters. The molecule has 0 spiro atoms. The minimum Gasteiger partial charge on any atom is -0.439 e. The highest BCUT2D eigenvalue weighted by molar-refractivity contribution is 5.43. The predicted molar refractivity (Wildman–Crippen MR) is 137 cm³/mol. The minimum absolute atomic E-state index is 0.0902. The van der Waals surface area contributed by atoms with Crippen molar-refractivity contribution in [3.8, 4) is 17.3 Å². The quantitative estimate of drug-likeness (QED) is 0.374. The largest absolute Gasteiger partial charge is 0.439 e. The van der Waals surface area contributed by atoms with Crippen LogP contribution in [0.4, 0.5) is 0 Å². The lowest BCUT2D eigenvalue weighted by molar-refractivity contribution is -0.0150. The van der Waals surface area contributed by atoms with E-state index in [4.69, 9.17) is 14.6 Å². The lowest BCUT2D eigenvalue weighted by Crippen LogP contribution is -2.40. The molecule has 0 saturated heterocycles. The first-order valence-corrected chi connectivity index (χ1v) is 12.2. The summed E-state index contributed by atoms with van der Waals surface area (Å²) < 4.78 is 14.0. The first-order chi connectivity index (χ1) is 16.3. The molecule has 3 aromatic rings.